The van der Waals surface area contributed by atoms with E-state index >= 15 is 0 Å². The third kappa shape index (κ3) is 5.76. The van der Waals surface area contributed by atoms with Gasteiger partial charge >= 0.3 is 5.97 Å². The molecule has 0 unspecified atom stereocenters. The number of hydrogen-bond acceptors (Lipinski definition) is 6. The van der Waals surface area contributed by atoms with Crippen molar-refractivity contribution in [3.8, 4) is 11.5 Å². The van der Waals surface area contributed by atoms with Gasteiger partial charge in [-0.15, -0.1) is 0 Å². The first-order chi connectivity index (χ1) is 14.4. The Bertz CT molecular complexity index is 1030. The number of carboxylic acids is 1. The first-order valence-electron chi connectivity index (χ1n) is 9.03. The fraction of sp³-hybridized carbons (Fsp3) is 0.190. The number of carbonyl (C=O) groups excluding carboxylic acids is 1. The van der Waals surface area contributed by atoms with Gasteiger partial charge in [0.15, 0.2) is 23.3 Å². The Morgan fingerprint density at radius 3 is 2.67 bits per heavy atom. The Hall–Kier alpha value is -2.53. The average Bonchev–Trinajstić information content (AvgIpc) is 3.02. The second kappa shape index (κ2) is 9.98. The number of halogens is 1. The molecule has 0 radical (unpaired) electrons. The van der Waals surface area contributed by atoms with Crippen molar-refractivity contribution in [2.24, 2.45) is 4.99 Å². The molecule has 30 heavy (non-hydrogen) atoms. The van der Waals surface area contributed by atoms with Crippen LogP contribution in [-0.4, -0.2) is 35.4 Å². The van der Waals surface area contributed by atoms with Crippen LogP contribution < -0.4 is 14.8 Å². The number of rotatable bonds is 7. The lowest BCUT2D eigenvalue weighted by molar-refractivity contribution is -0.139. The van der Waals surface area contributed by atoms with Gasteiger partial charge in [0.25, 0.3) is 5.91 Å². The fourth-order valence-corrected chi connectivity index (χ4v) is 4.20. The van der Waals surface area contributed by atoms with E-state index in [9.17, 15) is 9.59 Å². The zero-order chi connectivity index (χ0) is 21.7. The predicted octanol–water partition coefficient (Wildman–Crippen LogP) is 4.35. The summed E-state index contributed by atoms with van der Waals surface area (Å²) < 4.78 is 11.7. The molecule has 1 heterocycles. The molecular formula is C21H19IN2O5S. The minimum atomic E-state index is -1.07. The molecule has 0 aliphatic carbocycles. The van der Waals surface area contributed by atoms with E-state index in [0.29, 0.717) is 31.7 Å². The lowest BCUT2D eigenvalue weighted by Crippen LogP contribution is -2.19. The highest BCUT2D eigenvalue weighted by atomic mass is 127. The van der Waals surface area contributed by atoms with E-state index in [1.807, 2.05) is 38.1 Å². The molecule has 0 atom stereocenters. The minimum absolute atomic E-state index is 0.231. The Balaban J connectivity index is 1.85. The van der Waals surface area contributed by atoms with Crippen LogP contribution in [0.15, 0.2) is 46.3 Å². The molecule has 1 amide bonds. The van der Waals surface area contributed by atoms with E-state index < -0.39 is 12.6 Å². The van der Waals surface area contributed by atoms with Gasteiger partial charge < -0.3 is 19.9 Å². The lowest BCUT2D eigenvalue weighted by Gasteiger charge is -2.13. The maximum Gasteiger partial charge on any atom is 0.341 e. The van der Waals surface area contributed by atoms with Crippen LogP contribution in [0.5, 0.6) is 11.5 Å². The van der Waals surface area contributed by atoms with E-state index in [-0.39, 0.29) is 5.91 Å². The molecule has 0 aromatic heterocycles. The highest BCUT2D eigenvalue weighted by Crippen LogP contribution is 2.36. The van der Waals surface area contributed by atoms with Crippen LogP contribution in [0, 0.1) is 10.5 Å². The summed E-state index contributed by atoms with van der Waals surface area (Å²) in [5.41, 5.74) is 2.63. The van der Waals surface area contributed by atoms with Crippen LogP contribution in [0.2, 0.25) is 0 Å². The van der Waals surface area contributed by atoms with E-state index in [0.717, 1.165) is 16.8 Å². The molecule has 3 rings (SSSR count). The number of aliphatic carboxylic acids is 1. The van der Waals surface area contributed by atoms with Gasteiger partial charge in [0.2, 0.25) is 0 Å². The summed E-state index contributed by atoms with van der Waals surface area (Å²) in [6.45, 7) is 3.75. The monoisotopic (exact) mass is 538 g/mol. The van der Waals surface area contributed by atoms with Crippen molar-refractivity contribution < 1.29 is 24.2 Å². The van der Waals surface area contributed by atoms with Crippen LogP contribution in [0.3, 0.4) is 0 Å². The molecule has 1 saturated heterocycles. The molecule has 1 aliphatic heterocycles. The molecule has 7 nitrogen and oxygen atoms in total. The summed E-state index contributed by atoms with van der Waals surface area (Å²) in [7, 11) is 0. The van der Waals surface area contributed by atoms with Gasteiger partial charge in [-0.05, 0) is 84.1 Å². The molecule has 9 heteroatoms. The molecule has 0 saturated carbocycles. The first kappa shape index (κ1) is 22.2. The van der Waals surface area contributed by atoms with Crippen molar-refractivity contribution in [3.63, 3.8) is 0 Å². The van der Waals surface area contributed by atoms with Crippen molar-refractivity contribution in [1.29, 1.82) is 0 Å². The number of carbonyl (C=O) groups is 2. The van der Waals surface area contributed by atoms with Crippen molar-refractivity contribution in [2.45, 2.75) is 13.8 Å². The van der Waals surface area contributed by atoms with E-state index in [1.165, 1.54) is 11.8 Å². The lowest BCUT2D eigenvalue weighted by atomic mass is 10.2. The molecule has 0 spiro atoms. The number of aryl methyl sites for hydroxylation is 1. The number of aliphatic imine (C=N–C) groups is 1. The van der Waals surface area contributed by atoms with Gasteiger partial charge in [0.05, 0.1) is 20.8 Å². The third-order valence-corrected chi connectivity index (χ3v) is 5.60. The number of carboxylic acid groups (broad SMARTS) is 1. The normalized spacial score (nSPS) is 16.0. The zero-order valence-corrected chi connectivity index (χ0v) is 19.2. The Morgan fingerprint density at radius 2 is 2.00 bits per heavy atom. The Kier molecular flexibility index (Phi) is 7.38. The van der Waals surface area contributed by atoms with Crippen LogP contribution in [-0.2, 0) is 9.59 Å². The van der Waals surface area contributed by atoms with Crippen molar-refractivity contribution in [3.05, 3.63) is 56.0 Å². The number of thioether (sulfide) groups is 1. The van der Waals surface area contributed by atoms with Crippen LogP contribution in [0.1, 0.15) is 18.1 Å². The smallest absolute Gasteiger partial charge is 0.341 e. The number of amidine groups is 1. The van der Waals surface area contributed by atoms with Gasteiger partial charge in [-0.2, -0.15) is 0 Å². The van der Waals surface area contributed by atoms with Gasteiger partial charge in [-0.1, -0.05) is 17.7 Å². The summed E-state index contributed by atoms with van der Waals surface area (Å²) in [5, 5.41) is 12.1. The number of amides is 1. The van der Waals surface area contributed by atoms with Gasteiger partial charge in [0.1, 0.15) is 0 Å². The fourth-order valence-electron chi connectivity index (χ4n) is 2.58. The SMILES string of the molecule is CCOc1cc(/C=C2/SC(=Nc3ccc(C)cc3)NC2=O)cc(I)c1OCC(=O)O. The van der Waals surface area contributed by atoms with Gasteiger partial charge in [-0.25, -0.2) is 9.79 Å². The Morgan fingerprint density at radius 1 is 1.27 bits per heavy atom. The second-order valence-electron chi connectivity index (χ2n) is 6.26. The molecular weight excluding hydrogens is 519 g/mol. The number of nitrogens with one attached hydrogen (secondary N) is 1. The predicted molar refractivity (Wildman–Crippen MR) is 125 cm³/mol. The zero-order valence-electron chi connectivity index (χ0n) is 16.3. The molecule has 2 N–H and O–H groups in total. The summed E-state index contributed by atoms with van der Waals surface area (Å²) in [6, 6.07) is 11.2. The molecule has 1 fully saturated rings. The Labute approximate surface area is 191 Å². The van der Waals surface area contributed by atoms with E-state index in [4.69, 9.17) is 14.6 Å². The highest BCUT2D eigenvalue weighted by molar-refractivity contribution is 14.1. The van der Waals surface area contributed by atoms with Crippen molar-refractivity contribution >= 4 is 63.2 Å². The van der Waals surface area contributed by atoms with Crippen molar-refractivity contribution in [2.75, 3.05) is 13.2 Å². The standard InChI is InChI=1S/C21H19IN2O5S/c1-3-28-16-9-13(8-15(22)19(16)29-11-18(25)26)10-17-20(27)24-21(30-17)23-14-6-4-12(2)5-7-14/h4-10H,3,11H2,1-2H3,(H,25,26)(H,23,24,27)/b17-10+. The maximum absolute atomic E-state index is 12.4. The van der Waals surface area contributed by atoms with E-state index in [2.05, 4.69) is 32.9 Å². The first-order valence-corrected chi connectivity index (χ1v) is 10.9. The second-order valence-corrected chi connectivity index (χ2v) is 8.46. The number of hydrogen-bond donors (Lipinski definition) is 2. The number of benzene rings is 2. The molecule has 2 aromatic rings. The number of ether oxygens (including phenoxy) is 2. The summed E-state index contributed by atoms with van der Waals surface area (Å²) >= 11 is 3.31. The number of nitrogens with zero attached hydrogens (tertiary/aromatic N) is 1. The molecule has 0 bridgehead atoms. The van der Waals surface area contributed by atoms with Gasteiger partial charge in [0, 0.05) is 0 Å². The molecule has 156 valence electrons. The van der Waals surface area contributed by atoms with Crippen LogP contribution in [0.25, 0.3) is 6.08 Å². The maximum atomic E-state index is 12.4. The average molecular weight is 538 g/mol. The van der Waals surface area contributed by atoms with Crippen LogP contribution in [0.4, 0.5) is 5.69 Å². The molecule has 1 aliphatic rings. The largest absolute Gasteiger partial charge is 0.490 e. The topological polar surface area (TPSA) is 97.2 Å². The summed E-state index contributed by atoms with van der Waals surface area (Å²) in [4.78, 5) is 28.2. The summed E-state index contributed by atoms with van der Waals surface area (Å²) in [5.74, 6) is -0.509. The van der Waals surface area contributed by atoms with Gasteiger partial charge in [-0.3, -0.25) is 4.79 Å². The highest BCUT2D eigenvalue weighted by Gasteiger charge is 2.24. The van der Waals surface area contributed by atoms with Crippen molar-refractivity contribution in [1.82, 2.24) is 5.32 Å². The summed E-state index contributed by atoms with van der Waals surface area (Å²) in [6.07, 6.45) is 1.74. The van der Waals surface area contributed by atoms with Crippen LogP contribution >= 0.6 is 34.4 Å². The molecule has 2 aromatic carbocycles. The minimum Gasteiger partial charge on any atom is -0.490 e. The quantitative estimate of drug-likeness (QED) is 0.402. The van der Waals surface area contributed by atoms with E-state index in [1.54, 1.807) is 18.2 Å². The third-order valence-electron chi connectivity index (χ3n) is 3.88.